The highest BCUT2D eigenvalue weighted by atomic mass is 32.1. The molecule has 0 radical (unpaired) electrons. The molecule has 0 saturated carbocycles. The van der Waals surface area contributed by atoms with E-state index in [1.54, 1.807) is 28.5 Å². The summed E-state index contributed by atoms with van der Waals surface area (Å²) in [5.74, 6) is 2.65. The van der Waals surface area contributed by atoms with Crippen molar-refractivity contribution in [3.63, 3.8) is 0 Å². The summed E-state index contributed by atoms with van der Waals surface area (Å²) in [6, 6.07) is 7.85. The Labute approximate surface area is 153 Å². The van der Waals surface area contributed by atoms with Gasteiger partial charge in [0, 0.05) is 38.6 Å². The predicted molar refractivity (Wildman–Crippen MR) is 101 cm³/mol. The molecule has 5 heterocycles. The smallest absolute Gasteiger partial charge is 0.175 e. The minimum Gasteiger partial charge on any atom is -0.352 e. The second-order valence-corrected chi connectivity index (χ2v) is 6.92. The molecule has 9 heteroatoms. The van der Waals surface area contributed by atoms with Crippen LogP contribution in [0, 0.1) is 0 Å². The Morgan fingerprint density at radius 1 is 0.885 bits per heavy atom. The van der Waals surface area contributed by atoms with Gasteiger partial charge in [-0.25, -0.2) is 14.6 Å². The Morgan fingerprint density at radius 2 is 1.69 bits per heavy atom. The monoisotopic (exact) mass is 364 g/mol. The van der Waals surface area contributed by atoms with Crippen molar-refractivity contribution in [2.24, 2.45) is 0 Å². The van der Waals surface area contributed by atoms with Crippen LogP contribution in [0.1, 0.15) is 0 Å². The fourth-order valence-corrected chi connectivity index (χ4v) is 4.02. The molecular formula is C17H16N8S. The molecule has 1 aliphatic rings. The molecule has 0 aliphatic carbocycles. The van der Waals surface area contributed by atoms with Crippen LogP contribution in [0.4, 0.5) is 11.6 Å². The maximum Gasteiger partial charge on any atom is 0.175 e. The first-order valence-electron chi connectivity index (χ1n) is 8.40. The van der Waals surface area contributed by atoms with Crippen LogP contribution >= 0.6 is 11.3 Å². The van der Waals surface area contributed by atoms with E-state index < -0.39 is 0 Å². The van der Waals surface area contributed by atoms with Gasteiger partial charge in [-0.05, 0) is 29.6 Å². The van der Waals surface area contributed by atoms with E-state index in [1.807, 2.05) is 30.5 Å². The number of anilines is 2. The lowest BCUT2D eigenvalue weighted by molar-refractivity contribution is 0.638. The van der Waals surface area contributed by atoms with E-state index in [1.165, 1.54) is 0 Å². The van der Waals surface area contributed by atoms with Gasteiger partial charge in [-0.1, -0.05) is 0 Å². The van der Waals surface area contributed by atoms with Crippen LogP contribution in [-0.2, 0) is 0 Å². The second kappa shape index (κ2) is 6.34. The van der Waals surface area contributed by atoms with Crippen LogP contribution in [0.15, 0.2) is 48.4 Å². The molecular weight excluding hydrogens is 348 g/mol. The van der Waals surface area contributed by atoms with Crippen molar-refractivity contribution in [1.82, 2.24) is 29.9 Å². The van der Waals surface area contributed by atoms with E-state index in [0.717, 1.165) is 53.8 Å². The zero-order chi connectivity index (χ0) is 17.3. The fraction of sp³-hybridized carbons (Fsp3) is 0.235. The summed E-state index contributed by atoms with van der Waals surface area (Å²) in [6.45, 7) is 3.55. The first-order chi connectivity index (χ1) is 12.9. The molecule has 0 amide bonds. The molecule has 1 aliphatic heterocycles. The van der Waals surface area contributed by atoms with Gasteiger partial charge < -0.3 is 9.80 Å². The number of nitrogens with zero attached hydrogens (tertiary/aromatic N) is 8. The summed E-state index contributed by atoms with van der Waals surface area (Å²) >= 11 is 1.69. The maximum atomic E-state index is 4.51. The lowest BCUT2D eigenvalue weighted by Gasteiger charge is -2.35. The van der Waals surface area contributed by atoms with Gasteiger partial charge in [-0.3, -0.25) is 0 Å². The van der Waals surface area contributed by atoms with Gasteiger partial charge in [-0.2, -0.15) is 5.10 Å². The Morgan fingerprint density at radius 3 is 2.46 bits per heavy atom. The first kappa shape index (κ1) is 15.2. The number of hydrogen-bond donors (Lipinski definition) is 0. The predicted octanol–water partition coefficient (Wildman–Crippen LogP) is 1.99. The molecule has 0 N–H and O–H groups in total. The van der Waals surface area contributed by atoms with Gasteiger partial charge in [0.2, 0.25) is 0 Å². The lowest BCUT2D eigenvalue weighted by atomic mass is 10.3. The highest BCUT2D eigenvalue weighted by Crippen LogP contribution is 2.28. The second-order valence-electron chi connectivity index (χ2n) is 6.01. The molecule has 0 spiro atoms. The number of piperazine rings is 1. The number of hydrogen-bond acceptors (Lipinski definition) is 8. The number of fused-ring (bicyclic) bond motifs is 1. The van der Waals surface area contributed by atoms with Crippen LogP contribution < -0.4 is 9.80 Å². The minimum absolute atomic E-state index is 0.721. The van der Waals surface area contributed by atoms with Gasteiger partial charge in [0.1, 0.15) is 12.1 Å². The maximum absolute atomic E-state index is 4.51. The SMILES string of the molecule is c1cnn(-c2ccc(N3CCN(c4ncnc5ccsc45)CC3)nn2)c1. The number of aromatic nitrogens is 6. The summed E-state index contributed by atoms with van der Waals surface area (Å²) in [5, 5.41) is 14.9. The highest BCUT2D eigenvalue weighted by Gasteiger charge is 2.21. The Bertz CT molecular complexity index is 1000. The zero-order valence-electron chi connectivity index (χ0n) is 13.9. The summed E-state index contributed by atoms with van der Waals surface area (Å²) in [4.78, 5) is 13.4. The average Bonchev–Trinajstić information content (AvgIpc) is 3.40. The van der Waals surface area contributed by atoms with Crippen molar-refractivity contribution in [2.45, 2.75) is 0 Å². The number of rotatable bonds is 3. The average molecular weight is 364 g/mol. The van der Waals surface area contributed by atoms with Gasteiger partial charge in [0.05, 0.1) is 10.2 Å². The van der Waals surface area contributed by atoms with Crippen LogP contribution in [0.3, 0.4) is 0 Å². The first-order valence-corrected chi connectivity index (χ1v) is 9.28. The Hall–Kier alpha value is -3.07. The topological polar surface area (TPSA) is 75.9 Å². The summed E-state index contributed by atoms with van der Waals surface area (Å²) in [7, 11) is 0. The standard InChI is InChI=1S/C17H16N8S/c1-5-20-25(6-1)15-3-2-14(21-22-15)23-7-9-24(10-8-23)17-16-13(4-11-26-16)18-12-19-17/h1-6,11-12H,7-10H2. The van der Waals surface area contributed by atoms with Gasteiger partial charge in [0.15, 0.2) is 11.6 Å². The van der Waals surface area contributed by atoms with E-state index in [0.29, 0.717) is 0 Å². The molecule has 0 unspecified atom stereocenters. The molecule has 4 aromatic rings. The molecule has 0 atom stereocenters. The molecule has 5 rings (SSSR count). The lowest BCUT2D eigenvalue weighted by Crippen LogP contribution is -2.47. The minimum atomic E-state index is 0.721. The van der Waals surface area contributed by atoms with Gasteiger partial charge >= 0.3 is 0 Å². The van der Waals surface area contributed by atoms with Gasteiger partial charge in [0.25, 0.3) is 0 Å². The summed E-state index contributed by atoms with van der Waals surface area (Å²) in [6.07, 6.45) is 5.23. The largest absolute Gasteiger partial charge is 0.352 e. The van der Waals surface area contributed by atoms with Crippen molar-refractivity contribution in [2.75, 3.05) is 36.0 Å². The third kappa shape index (κ3) is 2.66. The van der Waals surface area contributed by atoms with Crippen LogP contribution in [-0.4, -0.2) is 56.1 Å². The van der Waals surface area contributed by atoms with E-state index in [2.05, 4.69) is 40.4 Å². The van der Waals surface area contributed by atoms with Crippen molar-refractivity contribution in [1.29, 1.82) is 0 Å². The van der Waals surface area contributed by atoms with E-state index >= 15 is 0 Å². The Balaban J connectivity index is 1.30. The molecule has 1 saturated heterocycles. The van der Waals surface area contributed by atoms with Crippen molar-refractivity contribution in [3.05, 3.63) is 48.4 Å². The fourth-order valence-electron chi connectivity index (χ4n) is 3.16. The molecule has 26 heavy (non-hydrogen) atoms. The molecule has 0 bridgehead atoms. The summed E-state index contributed by atoms with van der Waals surface area (Å²) in [5.41, 5.74) is 1.02. The van der Waals surface area contributed by atoms with Crippen LogP contribution in [0.25, 0.3) is 16.0 Å². The molecule has 4 aromatic heterocycles. The quantitative estimate of drug-likeness (QED) is 0.550. The number of thiophene rings is 1. The third-order valence-corrected chi connectivity index (χ3v) is 5.40. The van der Waals surface area contributed by atoms with Crippen molar-refractivity contribution >= 4 is 33.2 Å². The third-order valence-electron chi connectivity index (χ3n) is 4.50. The zero-order valence-corrected chi connectivity index (χ0v) is 14.7. The molecule has 1 fully saturated rings. The van der Waals surface area contributed by atoms with E-state index in [4.69, 9.17) is 0 Å². The van der Waals surface area contributed by atoms with Crippen molar-refractivity contribution in [3.8, 4) is 5.82 Å². The molecule has 8 nitrogen and oxygen atoms in total. The highest BCUT2D eigenvalue weighted by molar-refractivity contribution is 7.17. The van der Waals surface area contributed by atoms with Crippen LogP contribution in [0.5, 0.6) is 0 Å². The normalized spacial score (nSPS) is 14.9. The van der Waals surface area contributed by atoms with E-state index in [9.17, 15) is 0 Å². The summed E-state index contributed by atoms with van der Waals surface area (Å²) < 4.78 is 2.86. The van der Waals surface area contributed by atoms with Crippen LogP contribution in [0.2, 0.25) is 0 Å². The van der Waals surface area contributed by atoms with Gasteiger partial charge in [-0.15, -0.1) is 21.5 Å². The van der Waals surface area contributed by atoms with Crippen molar-refractivity contribution < 1.29 is 0 Å². The molecule has 0 aromatic carbocycles. The Kier molecular flexibility index (Phi) is 3.71. The van der Waals surface area contributed by atoms with E-state index in [-0.39, 0.29) is 0 Å². The molecule has 130 valence electrons.